The van der Waals surface area contributed by atoms with Crippen LogP contribution in [0.25, 0.3) is 0 Å². The zero-order chi connectivity index (χ0) is 14.8. The Morgan fingerprint density at radius 1 is 1.35 bits per heavy atom. The van der Waals surface area contributed by atoms with Gasteiger partial charge in [0.25, 0.3) is 5.91 Å². The van der Waals surface area contributed by atoms with Gasteiger partial charge in [0.05, 0.1) is 16.8 Å². The first-order valence-corrected chi connectivity index (χ1v) is 6.27. The second kappa shape index (κ2) is 5.45. The first-order valence-electron chi connectivity index (χ1n) is 5.39. The Kier molecular flexibility index (Phi) is 3.89. The smallest absolute Gasteiger partial charge is 0.387 e. The average molecular weight is 302 g/mol. The fourth-order valence-corrected chi connectivity index (χ4v) is 2.08. The Labute approximate surface area is 115 Å². The molecule has 2 aromatic rings. The number of para-hydroxylation sites is 1. The number of carbonyl (C=O) groups excluding carboxylic acids is 1. The lowest BCUT2D eigenvalue weighted by molar-refractivity contribution is -0.136. The predicted octanol–water partition coefficient (Wildman–Crippen LogP) is 2.85. The molecule has 2 rings (SSSR count). The van der Waals surface area contributed by atoms with Crippen molar-refractivity contribution < 1.29 is 18.0 Å². The number of nitrogens with one attached hydrogen (secondary N) is 2. The zero-order valence-electron chi connectivity index (χ0n) is 10.2. The lowest BCUT2D eigenvalue weighted by Gasteiger charge is -2.15. The van der Waals surface area contributed by atoms with Crippen molar-refractivity contribution >= 4 is 28.1 Å². The first-order chi connectivity index (χ1) is 9.43. The van der Waals surface area contributed by atoms with E-state index in [1.807, 2.05) is 0 Å². The first kappa shape index (κ1) is 14.3. The molecular weight excluding hydrogens is 293 g/mol. The molecular formula is C11H9F3N4OS. The fraction of sp³-hybridized carbons (Fsp3) is 0.182. The Hall–Kier alpha value is -2.16. The van der Waals surface area contributed by atoms with Gasteiger partial charge in [-0.05, 0) is 12.1 Å². The normalized spacial score (nSPS) is 11.2. The van der Waals surface area contributed by atoms with Gasteiger partial charge in [-0.25, -0.2) is 0 Å². The maximum absolute atomic E-state index is 12.9. The van der Waals surface area contributed by atoms with Crippen LogP contribution in [-0.2, 0) is 6.18 Å². The summed E-state index contributed by atoms with van der Waals surface area (Å²) in [6, 6.07) is 3.39. The number of hydrogen-bond acceptors (Lipinski definition) is 5. The maximum atomic E-state index is 12.9. The molecule has 9 heteroatoms. The number of aromatic nitrogens is 2. The molecule has 0 saturated carbocycles. The van der Waals surface area contributed by atoms with Crippen molar-refractivity contribution in [2.75, 3.05) is 17.7 Å². The van der Waals surface area contributed by atoms with E-state index in [4.69, 9.17) is 0 Å². The van der Waals surface area contributed by atoms with Crippen LogP contribution in [0.15, 0.2) is 23.7 Å². The number of carbonyl (C=O) groups is 1. The molecule has 0 fully saturated rings. The van der Waals surface area contributed by atoms with Gasteiger partial charge in [0.1, 0.15) is 5.51 Å². The molecule has 0 aliphatic rings. The molecule has 2 N–H and O–H groups in total. The largest absolute Gasteiger partial charge is 0.418 e. The summed E-state index contributed by atoms with van der Waals surface area (Å²) in [5.74, 6) is -0.683. The maximum Gasteiger partial charge on any atom is 0.418 e. The highest BCUT2D eigenvalue weighted by Crippen LogP contribution is 2.36. The van der Waals surface area contributed by atoms with E-state index in [0.29, 0.717) is 0 Å². The lowest BCUT2D eigenvalue weighted by atomic mass is 10.1. The quantitative estimate of drug-likeness (QED) is 0.915. The van der Waals surface area contributed by atoms with Crippen LogP contribution in [0.2, 0.25) is 0 Å². The van der Waals surface area contributed by atoms with Crippen molar-refractivity contribution in [2.45, 2.75) is 6.18 Å². The molecule has 0 aliphatic heterocycles. The summed E-state index contributed by atoms with van der Waals surface area (Å²) < 4.78 is 38.6. The lowest BCUT2D eigenvalue weighted by Crippen LogP contribution is -2.17. The van der Waals surface area contributed by atoms with E-state index >= 15 is 0 Å². The highest BCUT2D eigenvalue weighted by Gasteiger charge is 2.35. The molecule has 0 radical (unpaired) electrons. The molecule has 20 heavy (non-hydrogen) atoms. The number of nitrogens with zero attached hydrogens (tertiary/aromatic N) is 2. The Morgan fingerprint density at radius 3 is 2.65 bits per heavy atom. The van der Waals surface area contributed by atoms with E-state index in [9.17, 15) is 18.0 Å². The van der Waals surface area contributed by atoms with E-state index in [1.54, 1.807) is 0 Å². The Balaban J connectivity index is 2.39. The molecule has 0 aliphatic carbocycles. The minimum absolute atomic E-state index is 0.113. The minimum Gasteiger partial charge on any atom is -0.387 e. The number of rotatable bonds is 3. The third kappa shape index (κ3) is 2.87. The van der Waals surface area contributed by atoms with E-state index in [2.05, 4.69) is 20.8 Å². The Morgan fingerprint density at radius 2 is 2.10 bits per heavy atom. The van der Waals surface area contributed by atoms with Crippen molar-refractivity contribution in [3.63, 3.8) is 0 Å². The van der Waals surface area contributed by atoms with Crippen LogP contribution in [0.4, 0.5) is 24.0 Å². The van der Waals surface area contributed by atoms with Crippen molar-refractivity contribution in [1.29, 1.82) is 0 Å². The van der Waals surface area contributed by atoms with Gasteiger partial charge in [-0.15, -0.1) is 10.2 Å². The van der Waals surface area contributed by atoms with Crippen molar-refractivity contribution in [3.05, 3.63) is 34.8 Å². The van der Waals surface area contributed by atoms with Crippen LogP contribution in [0, 0.1) is 0 Å². The van der Waals surface area contributed by atoms with Gasteiger partial charge >= 0.3 is 6.18 Å². The van der Waals surface area contributed by atoms with Crippen molar-refractivity contribution in [3.8, 4) is 0 Å². The summed E-state index contributed by atoms with van der Waals surface area (Å²) >= 11 is 1.07. The van der Waals surface area contributed by atoms with Gasteiger partial charge < -0.3 is 5.32 Å². The topological polar surface area (TPSA) is 66.9 Å². The number of benzene rings is 1. The number of halogens is 3. The number of amides is 1. The fourth-order valence-electron chi connectivity index (χ4n) is 1.64. The van der Waals surface area contributed by atoms with Crippen LogP contribution in [0.5, 0.6) is 0 Å². The van der Waals surface area contributed by atoms with E-state index < -0.39 is 17.6 Å². The van der Waals surface area contributed by atoms with E-state index in [1.165, 1.54) is 24.7 Å². The highest BCUT2D eigenvalue weighted by atomic mass is 32.1. The summed E-state index contributed by atoms with van der Waals surface area (Å²) in [6.45, 7) is 0. The molecule has 1 aromatic heterocycles. The molecule has 5 nitrogen and oxygen atoms in total. The molecule has 1 amide bonds. The SMILES string of the molecule is CNc1c(C(=O)Nc2nncs2)cccc1C(F)(F)F. The van der Waals surface area contributed by atoms with Crippen LogP contribution in [0.1, 0.15) is 15.9 Å². The van der Waals surface area contributed by atoms with Crippen LogP contribution < -0.4 is 10.6 Å². The molecule has 1 heterocycles. The van der Waals surface area contributed by atoms with Gasteiger partial charge in [-0.3, -0.25) is 10.1 Å². The van der Waals surface area contributed by atoms with Crippen LogP contribution in [-0.4, -0.2) is 23.2 Å². The second-order valence-electron chi connectivity index (χ2n) is 3.67. The molecule has 106 valence electrons. The molecule has 0 spiro atoms. The second-order valence-corrected chi connectivity index (χ2v) is 4.51. The minimum atomic E-state index is -4.54. The summed E-state index contributed by atoms with van der Waals surface area (Å²) in [5, 5.41) is 12.2. The third-order valence-electron chi connectivity index (χ3n) is 2.44. The number of hydrogen-bond donors (Lipinski definition) is 2. The van der Waals surface area contributed by atoms with Crippen LogP contribution >= 0.6 is 11.3 Å². The summed E-state index contributed by atoms with van der Waals surface area (Å²) in [6.07, 6.45) is -4.54. The molecule has 0 bridgehead atoms. The monoisotopic (exact) mass is 302 g/mol. The van der Waals surface area contributed by atoms with Crippen LogP contribution in [0.3, 0.4) is 0 Å². The molecule has 0 atom stereocenters. The Bertz CT molecular complexity index is 613. The van der Waals surface area contributed by atoms with Gasteiger partial charge in [0.15, 0.2) is 0 Å². The summed E-state index contributed by atoms with van der Waals surface area (Å²) in [5.41, 5.74) is 0.116. The van der Waals surface area contributed by atoms with Gasteiger partial charge in [-0.2, -0.15) is 13.2 Å². The highest BCUT2D eigenvalue weighted by molar-refractivity contribution is 7.13. The molecule has 0 saturated heterocycles. The van der Waals surface area contributed by atoms with E-state index in [0.717, 1.165) is 17.4 Å². The average Bonchev–Trinajstić information content (AvgIpc) is 2.89. The van der Waals surface area contributed by atoms with Gasteiger partial charge in [-0.1, -0.05) is 17.4 Å². The van der Waals surface area contributed by atoms with Gasteiger partial charge in [0.2, 0.25) is 5.13 Å². The number of anilines is 2. The zero-order valence-corrected chi connectivity index (χ0v) is 11.0. The summed E-state index contributed by atoms with van der Waals surface area (Å²) in [4.78, 5) is 12.0. The van der Waals surface area contributed by atoms with E-state index in [-0.39, 0.29) is 16.4 Å². The third-order valence-corrected chi connectivity index (χ3v) is 3.05. The predicted molar refractivity (Wildman–Crippen MR) is 68.9 cm³/mol. The molecule has 0 unspecified atom stereocenters. The van der Waals surface area contributed by atoms with Crippen molar-refractivity contribution in [2.24, 2.45) is 0 Å². The standard InChI is InChI=1S/C11H9F3N4OS/c1-15-8-6(3-2-4-7(8)11(12,13)14)9(19)17-10-18-16-5-20-10/h2-5,15H,1H3,(H,17,18,19). The number of alkyl halides is 3. The van der Waals surface area contributed by atoms with Crippen molar-refractivity contribution in [1.82, 2.24) is 10.2 Å². The summed E-state index contributed by atoms with van der Waals surface area (Å²) in [7, 11) is 1.33. The van der Waals surface area contributed by atoms with Gasteiger partial charge in [0, 0.05) is 7.05 Å². The molecule has 1 aromatic carbocycles.